The van der Waals surface area contributed by atoms with Crippen molar-refractivity contribution >= 4 is 17.5 Å². The van der Waals surface area contributed by atoms with Gasteiger partial charge in [-0.15, -0.1) is 0 Å². The molecule has 1 atom stereocenters. The summed E-state index contributed by atoms with van der Waals surface area (Å²) in [7, 11) is 0. The van der Waals surface area contributed by atoms with Crippen LogP contribution in [0.15, 0.2) is 72.8 Å². The van der Waals surface area contributed by atoms with Gasteiger partial charge in [-0.3, -0.25) is 9.59 Å². The molecule has 1 N–H and O–H groups in total. The highest BCUT2D eigenvalue weighted by Crippen LogP contribution is 2.35. The molecule has 41 heavy (non-hydrogen) atoms. The molecule has 0 bridgehead atoms. The highest BCUT2D eigenvalue weighted by Gasteiger charge is 2.31. The Balaban J connectivity index is 0.000000251. The number of nitrogens with zero attached hydrogens (tertiary/aromatic N) is 2. The molecule has 0 aromatic heterocycles. The lowest BCUT2D eigenvalue weighted by atomic mass is 9.89. The summed E-state index contributed by atoms with van der Waals surface area (Å²) in [5.74, 6) is -0.261. The van der Waals surface area contributed by atoms with Gasteiger partial charge >= 0.3 is 6.18 Å². The summed E-state index contributed by atoms with van der Waals surface area (Å²) in [6, 6.07) is 15.5. The number of likely N-dealkylation sites (tertiary alicyclic amines) is 1. The van der Waals surface area contributed by atoms with Crippen molar-refractivity contribution < 1.29 is 31.5 Å². The molecular weight excluding hydrogens is 541 g/mol. The third-order valence-corrected chi connectivity index (χ3v) is 7.40. The Bertz CT molecular complexity index is 1300. The van der Waals surface area contributed by atoms with Crippen molar-refractivity contribution in [1.82, 2.24) is 4.90 Å². The summed E-state index contributed by atoms with van der Waals surface area (Å²) < 4.78 is 61.3. The zero-order valence-corrected chi connectivity index (χ0v) is 22.3. The van der Waals surface area contributed by atoms with Crippen LogP contribution in [0.4, 0.5) is 27.6 Å². The maximum Gasteiger partial charge on any atom is 0.377 e. The first kappa shape index (κ1) is 30.2. The smallest absolute Gasteiger partial charge is 0.377 e. The van der Waals surface area contributed by atoms with Crippen LogP contribution in [0.2, 0.25) is 0 Å². The summed E-state index contributed by atoms with van der Waals surface area (Å²) in [6.45, 7) is 2.16. The number of halogens is 5. The molecule has 5 rings (SSSR count). The van der Waals surface area contributed by atoms with E-state index in [4.69, 9.17) is 5.73 Å². The van der Waals surface area contributed by atoms with Gasteiger partial charge in [-0.1, -0.05) is 29.8 Å². The van der Waals surface area contributed by atoms with Crippen LogP contribution < -0.4 is 4.90 Å². The molecule has 3 aromatic rings. The number of anilines is 1. The molecule has 3 aromatic carbocycles. The topological polar surface area (TPSA) is 64.4 Å². The van der Waals surface area contributed by atoms with E-state index >= 15 is 0 Å². The van der Waals surface area contributed by atoms with Crippen LogP contribution in [0.25, 0.3) is 5.73 Å². The molecule has 0 saturated carbocycles. The van der Waals surface area contributed by atoms with E-state index in [2.05, 4.69) is 0 Å². The van der Waals surface area contributed by atoms with Gasteiger partial charge in [0.2, 0.25) is 5.91 Å². The average molecular weight is 573 g/mol. The molecule has 2 amide bonds. The van der Waals surface area contributed by atoms with Crippen LogP contribution in [0, 0.1) is 11.6 Å². The maximum atomic E-state index is 13.1. The fourth-order valence-corrected chi connectivity index (χ4v) is 5.04. The van der Waals surface area contributed by atoms with Crippen molar-refractivity contribution in [2.75, 3.05) is 24.5 Å². The lowest BCUT2D eigenvalue weighted by Gasteiger charge is -2.32. The van der Waals surface area contributed by atoms with Crippen molar-refractivity contribution in [2.24, 2.45) is 0 Å². The highest BCUT2D eigenvalue weighted by atomic mass is 19.4. The second-order valence-electron chi connectivity index (χ2n) is 10.2. The van der Waals surface area contributed by atoms with Gasteiger partial charge < -0.3 is 15.5 Å². The number of carbonyl (C=O) groups excluding carboxylic acids is 2. The monoisotopic (exact) mass is 572 g/mol. The lowest BCUT2D eigenvalue weighted by Crippen LogP contribution is -2.38. The first-order valence-electron chi connectivity index (χ1n) is 13.5. The van der Waals surface area contributed by atoms with Crippen molar-refractivity contribution in [3.05, 3.63) is 107 Å². The van der Waals surface area contributed by atoms with Crippen LogP contribution >= 0.6 is 0 Å². The summed E-state index contributed by atoms with van der Waals surface area (Å²) in [4.78, 5) is 28.6. The predicted octanol–water partition coefficient (Wildman–Crippen LogP) is 7.84. The van der Waals surface area contributed by atoms with Gasteiger partial charge in [0, 0.05) is 37.3 Å². The summed E-state index contributed by atoms with van der Waals surface area (Å²) in [6.07, 6.45) is -0.244. The van der Waals surface area contributed by atoms with E-state index < -0.39 is 18.0 Å². The Morgan fingerprint density at radius 1 is 0.805 bits per heavy atom. The van der Waals surface area contributed by atoms with Crippen LogP contribution in [0.5, 0.6) is 0 Å². The fraction of sp³-hybridized carbons (Fsp3) is 0.355. The molecular formula is C31H31F5N3O2-. The molecule has 1 unspecified atom stereocenters. The van der Waals surface area contributed by atoms with E-state index in [1.54, 1.807) is 0 Å². The van der Waals surface area contributed by atoms with Crippen molar-refractivity contribution in [2.45, 2.75) is 50.2 Å². The minimum Gasteiger partial charge on any atom is -0.663 e. The van der Waals surface area contributed by atoms with Gasteiger partial charge in [0.05, 0.1) is 0 Å². The zero-order valence-electron chi connectivity index (χ0n) is 22.3. The second kappa shape index (κ2) is 13.2. The Morgan fingerprint density at radius 2 is 1.37 bits per heavy atom. The Kier molecular flexibility index (Phi) is 9.75. The first-order chi connectivity index (χ1) is 19.5. The molecule has 218 valence electrons. The number of nitrogens with one attached hydrogen (secondary N) is 1. The van der Waals surface area contributed by atoms with Gasteiger partial charge in [0.1, 0.15) is 11.6 Å². The predicted molar refractivity (Wildman–Crippen MR) is 146 cm³/mol. The van der Waals surface area contributed by atoms with Crippen LogP contribution in [0.3, 0.4) is 0 Å². The summed E-state index contributed by atoms with van der Waals surface area (Å²) in [5.41, 5.74) is 9.21. The van der Waals surface area contributed by atoms with Crippen molar-refractivity contribution in [3.63, 3.8) is 0 Å². The minimum atomic E-state index is -4.60. The third-order valence-electron chi connectivity index (χ3n) is 7.40. The SMILES string of the molecule is O=C(c1ccc(N2CCCCC2=O)cc1)N1CCC(c2ccc(F)cc2)CC1.[NH-]C(c1ccc(F)cc1)C(F)(F)F. The number of rotatable bonds is 4. The van der Waals surface area contributed by atoms with Gasteiger partial charge in [-0.2, -0.15) is 13.2 Å². The Morgan fingerprint density at radius 3 is 1.90 bits per heavy atom. The largest absolute Gasteiger partial charge is 0.663 e. The molecule has 2 saturated heterocycles. The minimum absolute atomic E-state index is 0.0362. The number of hydrogen-bond donors (Lipinski definition) is 0. The number of amides is 2. The van der Waals surface area contributed by atoms with Crippen molar-refractivity contribution in [3.8, 4) is 0 Å². The van der Waals surface area contributed by atoms with E-state index in [1.807, 2.05) is 46.2 Å². The Labute approximate surface area is 235 Å². The standard InChI is InChI=1S/C23H25FN2O2.C8H6F4N/c24-20-8-4-17(5-9-20)18-12-15-25(16-13-18)23(28)19-6-10-21(11-7-19)26-14-2-1-3-22(26)27;9-6-3-1-5(2-4-6)7(13)8(10,11)12/h4-11,18H,1-3,12-16H2;1-4,7,13H/q;-1. The average Bonchev–Trinajstić information content (AvgIpc) is 2.98. The van der Waals surface area contributed by atoms with Gasteiger partial charge in [0.15, 0.2) is 0 Å². The van der Waals surface area contributed by atoms with Gasteiger partial charge in [0.25, 0.3) is 5.91 Å². The van der Waals surface area contributed by atoms with Crippen molar-refractivity contribution in [1.29, 1.82) is 0 Å². The fourth-order valence-electron chi connectivity index (χ4n) is 5.04. The first-order valence-corrected chi connectivity index (χ1v) is 13.5. The van der Waals surface area contributed by atoms with Crippen LogP contribution in [-0.4, -0.2) is 42.5 Å². The third kappa shape index (κ3) is 7.91. The number of carbonyl (C=O) groups is 2. The summed E-state index contributed by atoms with van der Waals surface area (Å²) >= 11 is 0. The number of benzene rings is 3. The van der Waals surface area contributed by atoms with E-state index in [0.717, 1.165) is 67.7 Å². The highest BCUT2D eigenvalue weighted by molar-refractivity contribution is 5.97. The molecule has 10 heteroatoms. The zero-order chi connectivity index (χ0) is 29.6. The van der Waals surface area contributed by atoms with Crippen LogP contribution in [-0.2, 0) is 4.79 Å². The quantitative estimate of drug-likeness (QED) is 0.299. The van der Waals surface area contributed by atoms with E-state index in [0.29, 0.717) is 31.0 Å². The molecule has 0 spiro atoms. The molecule has 5 nitrogen and oxygen atoms in total. The number of alkyl halides is 3. The normalized spacial score (nSPS) is 17.1. The maximum absolute atomic E-state index is 13.1. The summed E-state index contributed by atoms with van der Waals surface area (Å²) in [5, 5.41) is 0. The van der Waals surface area contributed by atoms with Crippen LogP contribution in [0.1, 0.15) is 65.5 Å². The number of piperidine rings is 2. The molecule has 2 aliphatic rings. The van der Waals surface area contributed by atoms with E-state index in [1.165, 1.54) is 12.1 Å². The van der Waals surface area contributed by atoms with E-state index in [-0.39, 0.29) is 23.2 Å². The van der Waals surface area contributed by atoms with Gasteiger partial charge in [-0.25, -0.2) is 8.78 Å². The molecule has 2 aliphatic heterocycles. The molecule has 2 heterocycles. The van der Waals surface area contributed by atoms with Gasteiger partial charge in [-0.05, 0) is 91.7 Å². The van der Waals surface area contributed by atoms with E-state index in [9.17, 15) is 31.5 Å². The second-order valence-corrected chi connectivity index (χ2v) is 10.2. The number of hydrogen-bond acceptors (Lipinski definition) is 2. The molecule has 0 radical (unpaired) electrons. The lowest BCUT2D eigenvalue weighted by molar-refractivity contribution is -0.139. The Hall–Kier alpha value is -3.79. The molecule has 2 fully saturated rings. The molecule has 0 aliphatic carbocycles.